The predicted molar refractivity (Wildman–Crippen MR) is 67.8 cm³/mol. The second-order valence-corrected chi connectivity index (χ2v) is 4.92. The van der Waals surface area contributed by atoms with E-state index in [1.54, 1.807) is 13.8 Å². The fraction of sp³-hybridized carbons (Fsp3) is 0.357. The van der Waals surface area contributed by atoms with Gasteiger partial charge in [0.1, 0.15) is 18.2 Å². The van der Waals surface area contributed by atoms with Gasteiger partial charge in [-0.3, -0.25) is 4.79 Å². The second kappa shape index (κ2) is 3.57. The van der Waals surface area contributed by atoms with E-state index in [4.69, 9.17) is 4.74 Å². The number of rotatable bonds is 0. The van der Waals surface area contributed by atoms with E-state index in [0.717, 1.165) is 0 Å². The van der Waals surface area contributed by atoms with Crippen LogP contribution in [0, 0.1) is 19.7 Å². The lowest BCUT2D eigenvalue weighted by Crippen LogP contribution is -2.24. The number of pyridine rings is 1. The molecule has 0 amide bonds. The zero-order valence-corrected chi connectivity index (χ0v) is 10.6. The molecule has 3 rings (SSSR count). The first-order valence-corrected chi connectivity index (χ1v) is 5.98. The van der Waals surface area contributed by atoms with E-state index in [9.17, 15) is 9.18 Å². The average Bonchev–Trinajstić information content (AvgIpc) is 2.34. The van der Waals surface area contributed by atoms with Gasteiger partial charge in [-0.25, -0.2) is 4.39 Å². The lowest BCUT2D eigenvalue weighted by molar-refractivity contribution is 0.244. The van der Waals surface area contributed by atoms with Crippen molar-refractivity contribution in [3.63, 3.8) is 0 Å². The molecule has 2 heterocycles. The lowest BCUT2D eigenvalue weighted by atomic mass is 10.0. The molecule has 1 aromatic heterocycles. The van der Waals surface area contributed by atoms with Crippen molar-refractivity contribution >= 4 is 10.9 Å². The number of benzene rings is 1. The normalized spacial score (nSPS) is 17.9. The van der Waals surface area contributed by atoms with Crippen molar-refractivity contribution in [2.45, 2.75) is 26.8 Å². The maximum absolute atomic E-state index is 13.8. The van der Waals surface area contributed by atoms with Crippen LogP contribution in [-0.2, 0) is 0 Å². The van der Waals surface area contributed by atoms with Gasteiger partial charge in [-0.1, -0.05) is 0 Å². The third-order valence-corrected chi connectivity index (χ3v) is 3.58. The summed E-state index contributed by atoms with van der Waals surface area (Å²) in [4.78, 5) is 12.1. The first kappa shape index (κ1) is 11.3. The molecule has 4 heteroatoms. The maximum Gasteiger partial charge on any atom is 0.192 e. The van der Waals surface area contributed by atoms with Gasteiger partial charge in [-0.15, -0.1) is 0 Å². The van der Waals surface area contributed by atoms with Gasteiger partial charge in [-0.05, 0) is 26.8 Å². The van der Waals surface area contributed by atoms with Crippen LogP contribution in [0.5, 0.6) is 5.75 Å². The van der Waals surface area contributed by atoms with Gasteiger partial charge in [0.05, 0.1) is 16.9 Å². The third kappa shape index (κ3) is 1.32. The van der Waals surface area contributed by atoms with Gasteiger partial charge < -0.3 is 9.30 Å². The summed E-state index contributed by atoms with van der Waals surface area (Å²) >= 11 is 0. The molecular formula is C14H14FNO2. The largest absolute Gasteiger partial charge is 0.489 e. The molecule has 0 N–H and O–H groups in total. The first-order chi connectivity index (χ1) is 8.50. The van der Waals surface area contributed by atoms with E-state index in [1.165, 1.54) is 6.07 Å². The molecule has 0 saturated heterocycles. The van der Waals surface area contributed by atoms with E-state index in [1.807, 2.05) is 17.7 Å². The molecule has 0 fully saturated rings. The van der Waals surface area contributed by atoms with E-state index in [2.05, 4.69) is 0 Å². The monoisotopic (exact) mass is 247 g/mol. The number of ether oxygens (including phenoxy) is 1. The summed E-state index contributed by atoms with van der Waals surface area (Å²) in [6.07, 6.45) is 1.83. The van der Waals surface area contributed by atoms with Gasteiger partial charge in [0.25, 0.3) is 0 Å². The molecule has 94 valence electrons. The second-order valence-electron chi connectivity index (χ2n) is 4.92. The molecule has 0 spiro atoms. The summed E-state index contributed by atoms with van der Waals surface area (Å²) < 4.78 is 21.5. The molecule has 1 aliphatic heterocycles. The Balaban J connectivity index is 2.60. The summed E-state index contributed by atoms with van der Waals surface area (Å²) in [5.41, 5.74) is 1.68. The van der Waals surface area contributed by atoms with Crippen molar-refractivity contribution in [1.29, 1.82) is 0 Å². The van der Waals surface area contributed by atoms with Crippen LogP contribution >= 0.6 is 0 Å². The zero-order valence-electron chi connectivity index (χ0n) is 10.6. The number of aromatic nitrogens is 1. The lowest BCUT2D eigenvalue weighted by Gasteiger charge is -2.28. The molecule has 18 heavy (non-hydrogen) atoms. The number of hydrogen-bond donors (Lipinski definition) is 0. The van der Waals surface area contributed by atoms with Crippen molar-refractivity contribution in [3.8, 4) is 5.75 Å². The molecule has 2 aromatic rings. The Labute approximate surface area is 104 Å². The van der Waals surface area contributed by atoms with Gasteiger partial charge >= 0.3 is 0 Å². The van der Waals surface area contributed by atoms with Gasteiger partial charge in [0.2, 0.25) is 0 Å². The minimum atomic E-state index is -0.388. The van der Waals surface area contributed by atoms with Gasteiger partial charge in [0, 0.05) is 17.3 Å². The molecule has 1 aliphatic rings. The molecular weight excluding hydrogens is 233 g/mol. The van der Waals surface area contributed by atoms with Crippen LogP contribution in [0.25, 0.3) is 10.9 Å². The summed E-state index contributed by atoms with van der Waals surface area (Å²) in [5.74, 6) is 0.113. The Morgan fingerprint density at radius 1 is 1.44 bits per heavy atom. The fourth-order valence-corrected chi connectivity index (χ4v) is 2.49. The van der Waals surface area contributed by atoms with E-state index < -0.39 is 0 Å². The van der Waals surface area contributed by atoms with Crippen molar-refractivity contribution in [2.75, 3.05) is 6.61 Å². The van der Waals surface area contributed by atoms with Crippen molar-refractivity contribution in [1.82, 2.24) is 4.57 Å². The van der Waals surface area contributed by atoms with Gasteiger partial charge in [0.15, 0.2) is 5.43 Å². The highest BCUT2D eigenvalue weighted by Crippen LogP contribution is 2.35. The number of aryl methyl sites for hydroxylation is 1. The van der Waals surface area contributed by atoms with E-state index >= 15 is 0 Å². The summed E-state index contributed by atoms with van der Waals surface area (Å²) in [6, 6.07) is 1.46. The summed E-state index contributed by atoms with van der Waals surface area (Å²) in [7, 11) is 0. The van der Waals surface area contributed by atoms with Crippen molar-refractivity contribution < 1.29 is 9.13 Å². The van der Waals surface area contributed by atoms with Crippen LogP contribution in [0.15, 0.2) is 17.1 Å². The molecule has 0 aliphatic carbocycles. The standard InChI is InChI=1S/C14H14FNO2/c1-7-5-16-8(2)6-18-14-9(3)11(15)4-10(12(14)16)13(7)17/h4-5,8H,6H2,1-3H3. The Morgan fingerprint density at radius 3 is 2.89 bits per heavy atom. The van der Waals surface area contributed by atoms with E-state index in [-0.39, 0.29) is 17.3 Å². The van der Waals surface area contributed by atoms with Crippen LogP contribution in [0.3, 0.4) is 0 Å². The molecule has 0 saturated carbocycles. The number of hydrogen-bond acceptors (Lipinski definition) is 2. The molecule has 1 unspecified atom stereocenters. The Kier molecular flexibility index (Phi) is 2.24. The molecule has 0 bridgehead atoms. The van der Waals surface area contributed by atoms with Crippen molar-refractivity contribution in [2.24, 2.45) is 0 Å². The van der Waals surface area contributed by atoms with Crippen LogP contribution in [0.1, 0.15) is 24.1 Å². The quantitative estimate of drug-likeness (QED) is 0.716. The fourth-order valence-electron chi connectivity index (χ4n) is 2.49. The Bertz CT molecular complexity index is 718. The Hall–Kier alpha value is -1.84. The maximum atomic E-state index is 13.8. The third-order valence-electron chi connectivity index (χ3n) is 3.58. The molecule has 1 atom stereocenters. The molecule has 0 radical (unpaired) electrons. The predicted octanol–water partition coefficient (Wildman–Crippen LogP) is 2.71. The summed E-state index contributed by atoms with van der Waals surface area (Å²) in [6.45, 7) is 5.94. The minimum Gasteiger partial charge on any atom is -0.489 e. The molecule has 3 nitrogen and oxygen atoms in total. The summed E-state index contributed by atoms with van der Waals surface area (Å²) in [5, 5.41) is 0.402. The SMILES string of the molecule is Cc1c(F)cc2c(=O)c(C)cn3c2c1OCC3C. The topological polar surface area (TPSA) is 31.2 Å². The highest BCUT2D eigenvalue weighted by Gasteiger charge is 2.23. The smallest absolute Gasteiger partial charge is 0.192 e. The highest BCUT2D eigenvalue weighted by molar-refractivity contribution is 5.87. The first-order valence-electron chi connectivity index (χ1n) is 5.98. The van der Waals surface area contributed by atoms with E-state index in [0.29, 0.717) is 34.4 Å². The highest BCUT2D eigenvalue weighted by atomic mass is 19.1. The van der Waals surface area contributed by atoms with Crippen molar-refractivity contribution in [3.05, 3.63) is 39.4 Å². The average molecular weight is 247 g/mol. The van der Waals surface area contributed by atoms with Crippen LogP contribution in [0.4, 0.5) is 4.39 Å². The zero-order chi connectivity index (χ0) is 13.0. The minimum absolute atomic E-state index is 0.126. The van der Waals surface area contributed by atoms with Gasteiger partial charge in [-0.2, -0.15) is 0 Å². The number of halogens is 1. The van der Waals surface area contributed by atoms with Crippen LogP contribution in [-0.4, -0.2) is 11.2 Å². The van der Waals surface area contributed by atoms with Crippen LogP contribution < -0.4 is 10.2 Å². The molecule has 1 aromatic carbocycles. The number of nitrogens with zero attached hydrogens (tertiary/aromatic N) is 1. The van der Waals surface area contributed by atoms with Crippen LogP contribution in [0.2, 0.25) is 0 Å². The Morgan fingerprint density at radius 2 is 2.17 bits per heavy atom.